The maximum Gasteiger partial charge on any atom is 0.173 e. The van der Waals surface area contributed by atoms with Crippen molar-refractivity contribution in [2.24, 2.45) is 0 Å². The van der Waals surface area contributed by atoms with E-state index in [9.17, 15) is 0 Å². The molecule has 2 heterocycles. The first-order valence-corrected chi connectivity index (χ1v) is 11.0. The van der Waals surface area contributed by atoms with Crippen molar-refractivity contribution in [1.82, 2.24) is 9.80 Å². The summed E-state index contributed by atoms with van der Waals surface area (Å²) in [5.41, 5.74) is 0.992. The van der Waals surface area contributed by atoms with Crippen LogP contribution in [-0.4, -0.2) is 48.2 Å². The molecule has 1 fully saturated rings. The van der Waals surface area contributed by atoms with Crippen molar-refractivity contribution >= 4 is 34.4 Å². The SMILES string of the molecule is COc1ccc(NC(=S)N(CCN2CCCCCC2)Cc2cccs2)cc1. The van der Waals surface area contributed by atoms with Gasteiger partial charge in [0.05, 0.1) is 13.7 Å². The molecule has 0 atom stereocenters. The van der Waals surface area contributed by atoms with Crippen LogP contribution < -0.4 is 10.1 Å². The number of benzene rings is 1. The first kappa shape index (κ1) is 20.1. The van der Waals surface area contributed by atoms with Gasteiger partial charge in [0.25, 0.3) is 0 Å². The standard InChI is InChI=1S/C21H29N3OS2/c1-25-19-10-8-18(9-11-19)22-21(26)24(17-20-7-6-16-27-20)15-14-23-12-4-2-3-5-13-23/h6-11,16H,2-5,12-15,17H2,1H3,(H,22,26). The number of anilines is 1. The van der Waals surface area contributed by atoms with E-state index in [4.69, 9.17) is 17.0 Å². The number of thiophene rings is 1. The third-order valence-corrected chi connectivity index (χ3v) is 6.16. The monoisotopic (exact) mass is 403 g/mol. The molecular weight excluding hydrogens is 374 g/mol. The number of ether oxygens (including phenoxy) is 1. The number of methoxy groups -OCH3 is 1. The van der Waals surface area contributed by atoms with Crippen molar-refractivity contribution < 1.29 is 4.74 Å². The van der Waals surface area contributed by atoms with Crippen molar-refractivity contribution in [3.8, 4) is 5.75 Å². The number of rotatable bonds is 7. The summed E-state index contributed by atoms with van der Waals surface area (Å²) < 4.78 is 5.23. The predicted molar refractivity (Wildman–Crippen MR) is 119 cm³/mol. The molecule has 0 bridgehead atoms. The van der Waals surface area contributed by atoms with Gasteiger partial charge in [0.2, 0.25) is 0 Å². The van der Waals surface area contributed by atoms with Crippen LogP contribution >= 0.6 is 23.6 Å². The number of likely N-dealkylation sites (tertiary alicyclic amines) is 1. The third-order valence-electron chi connectivity index (χ3n) is 4.94. The van der Waals surface area contributed by atoms with Crippen molar-refractivity contribution in [3.05, 3.63) is 46.7 Å². The molecule has 0 spiro atoms. The molecule has 1 aliphatic heterocycles. The minimum Gasteiger partial charge on any atom is -0.497 e. The Morgan fingerprint density at radius 1 is 1.15 bits per heavy atom. The van der Waals surface area contributed by atoms with Gasteiger partial charge in [-0.15, -0.1) is 11.3 Å². The third kappa shape index (κ3) is 6.48. The van der Waals surface area contributed by atoms with Crippen LogP contribution in [0.15, 0.2) is 41.8 Å². The molecule has 1 aliphatic rings. The van der Waals surface area contributed by atoms with E-state index >= 15 is 0 Å². The molecule has 1 aromatic carbocycles. The zero-order valence-corrected chi connectivity index (χ0v) is 17.7. The molecule has 6 heteroatoms. The van der Waals surface area contributed by atoms with Crippen LogP contribution in [0, 0.1) is 0 Å². The maximum absolute atomic E-state index is 5.76. The van der Waals surface area contributed by atoms with Gasteiger partial charge in [-0.05, 0) is 73.9 Å². The largest absolute Gasteiger partial charge is 0.497 e. The summed E-state index contributed by atoms with van der Waals surface area (Å²) in [7, 11) is 1.68. The second-order valence-electron chi connectivity index (χ2n) is 6.92. The quantitative estimate of drug-likeness (QED) is 0.668. The second kappa shape index (κ2) is 10.6. The van der Waals surface area contributed by atoms with Gasteiger partial charge in [0.1, 0.15) is 5.75 Å². The lowest BCUT2D eigenvalue weighted by molar-refractivity contribution is 0.253. The van der Waals surface area contributed by atoms with Crippen LogP contribution in [0.4, 0.5) is 5.69 Å². The number of hydrogen-bond donors (Lipinski definition) is 1. The van der Waals surface area contributed by atoms with E-state index in [0.717, 1.165) is 36.2 Å². The molecule has 0 saturated carbocycles. The van der Waals surface area contributed by atoms with E-state index < -0.39 is 0 Å². The molecule has 27 heavy (non-hydrogen) atoms. The fourth-order valence-corrected chi connectivity index (χ4v) is 4.33. The molecule has 1 aromatic heterocycles. The van der Waals surface area contributed by atoms with Crippen molar-refractivity contribution in [2.75, 3.05) is 38.6 Å². The minimum atomic E-state index is 0.781. The van der Waals surface area contributed by atoms with Gasteiger partial charge in [-0.1, -0.05) is 18.9 Å². The molecule has 0 aliphatic carbocycles. The van der Waals surface area contributed by atoms with Gasteiger partial charge in [0, 0.05) is 23.7 Å². The number of thiocarbonyl (C=S) groups is 1. The van der Waals surface area contributed by atoms with Crippen LogP contribution in [0.1, 0.15) is 30.6 Å². The first-order chi connectivity index (χ1) is 13.2. The zero-order chi connectivity index (χ0) is 18.9. The van der Waals surface area contributed by atoms with E-state index in [1.807, 2.05) is 24.3 Å². The van der Waals surface area contributed by atoms with Crippen molar-refractivity contribution in [3.63, 3.8) is 0 Å². The predicted octanol–water partition coefficient (Wildman–Crippen LogP) is 4.83. The van der Waals surface area contributed by atoms with Crippen molar-refractivity contribution in [1.29, 1.82) is 0 Å². The Kier molecular flexibility index (Phi) is 7.93. The topological polar surface area (TPSA) is 27.7 Å². The Hall–Kier alpha value is -1.63. The fourth-order valence-electron chi connectivity index (χ4n) is 3.34. The van der Waals surface area contributed by atoms with Gasteiger partial charge < -0.3 is 19.9 Å². The second-order valence-corrected chi connectivity index (χ2v) is 8.33. The summed E-state index contributed by atoms with van der Waals surface area (Å²) in [6.45, 7) is 5.29. The number of nitrogens with zero attached hydrogens (tertiary/aromatic N) is 2. The Morgan fingerprint density at radius 2 is 1.89 bits per heavy atom. The van der Waals surface area contributed by atoms with Crippen LogP contribution in [0.25, 0.3) is 0 Å². The van der Waals surface area contributed by atoms with Gasteiger partial charge in [-0.3, -0.25) is 0 Å². The molecule has 0 unspecified atom stereocenters. The summed E-state index contributed by atoms with van der Waals surface area (Å²) in [6.07, 6.45) is 5.37. The van der Waals surface area contributed by atoms with Gasteiger partial charge in [0.15, 0.2) is 5.11 Å². The van der Waals surface area contributed by atoms with Crippen LogP contribution in [0.3, 0.4) is 0 Å². The lowest BCUT2D eigenvalue weighted by Crippen LogP contribution is -2.40. The Labute approximate surface area is 172 Å². The summed E-state index contributed by atoms with van der Waals surface area (Å²) in [5, 5.41) is 6.30. The lowest BCUT2D eigenvalue weighted by atomic mass is 10.2. The summed E-state index contributed by atoms with van der Waals surface area (Å²) in [4.78, 5) is 6.21. The molecule has 3 rings (SSSR count). The van der Waals surface area contributed by atoms with Crippen LogP contribution in [0.2, 0.25) is 0 Å². The molecule has 1 N–H and O–H groups in total. The minimum absolute atomic E-state index is 0.781. The molecule has 0 amide bonds. The summed E-state index contributed by atoms with van der Waals surface area (Å²) in [6, 6.07) is 12.2. The molecular formula is C21H29N3OS2. The van der Waals surface area contributed by atoms with Crippen LogP contribution in [-0.2, 0) is 6.54 Å². The summed E-state index contributed by atoms with van der Waals surface area (Å²) in [5.74, 6) is 0.850. The summed E-state index contributed by atoms with van der Waals surface area (Å²) >= 11 is 7.54. The molecule has 2 aromatic rings. The van der Waals surface area contributed by atoms with Gasteiger partial charge in [-0.25, -0.2) is 0 Å². The zero-order valence-electron chi connectivity index (χ0n) is 16.0. The normalized spacial score (nSPS) is 15.1. The number of hydrogen-bond acceptors (Lipinski definition) is 4. The highest BCUT2D eigenvalue weighted by Crippen LogP contribution is 2.18. The van der Waals surface area contributed by atoms with Gasteiger partial charge in [-0.2, -0.15) is 0 Å². The Morgan fingerprint density at radius 3 is 2.52 bits per heavy atom. The van der Waals surface area contributed by atoms with Crippen molar-refractivity contribution in [2.45, 2.75) is 32.2 Å². The fraction of sp³-hybridized carbons (Fsp3) is 0.476. The van der Waals surface area contributed by atoms with E-state index in [0.29, 0.717) is 0 Å². The highest BCUT2D eigenvalue weighted by molar-refractivity contribution is 7.80. The van der Waals surface area contributed by atoms with E-state index in [-0.39, 0.29) is 0 Å². The van der Waals surface area contributed by atoms with Crippen LogP contribution in [0.5, 0.6) is 5.75 Å². The lowest BCUT2D eigenvalue weighted by Gasteiger charge is -2.29. The highest BCUT2D eigenvalue weighted by Gasteiger charge is 2.15. The smallest absolute Gasteiger partial charge is 0.173 e. The number of nitrogens with one attached hydrogen (secondary N) is 1. The maximum atomic E-state index is 5.76. The molecule has 146 valence electrons. The van der Waals surface area contributed by atoms with E-state index in [1.165, 1.54) is 43.6 Å². The first-order valence-electron chi connectivity index (χ1n) is 9.69. The highest BCUT2D eigenvalue weighted by atomic mass is 32.1. The van der Waals surface area contributed by atoms with E-state index in [1.54, 1.807) is 18.4 Å². The molecule has 0 radical (unpaired) electrons. The Bertz CT molecular complexity index is 680. The average Bonchev–Trinajstić information content (AvgIpc) is 3.07. The molecule has 4 nitrogen and oxygen atoms in total. The Balaban J connectivity index is 1.61. The van der Waals surface area contributed by atoms with E-state index in [2.05, 4.69) is 32.6 Å². The molecule has 1 saturated heterocycles. The van der Waals surface area contributed by atoms with Gasteiger partial charge >= 0.3 is 0 Å². The average molecular weight is 404 g/mol.